The van der Waals surface area contributed by atoms with Crippen molar-refractivity contribution in [3.05, 3.63) is 17.7 Å². The maximum absolute atomic E-state index is 12.8. The molecule has 2 aliphatic heterocycles. The predicted octanol–water partition coefficient (Wildman–Crippen LogP) is 2.86. The number of ether oxygens (including phenoxy) is 3. The topological polar surface area (TPSA) is 84.4 Å². The van der Waals surface area contributed by atoms with Crippen molar-refractivity contribution in [2.75, 3.05) is 33.0 Å². The van der Waals surface area contributed by atoms with Gasteiger partial charge < -0.3 is 29.7 Å². The molecule has 172 valence electrons. The Morgan fingerprint density at radius 2 is 2.03 bits per heavy atom. The molecule has 0 aromatic heterocycles. The number of halogens is 2. The van der Waals surface area contributed by atoms with Crippen molar-refractivity contribution in [1.29, 1.82) is 0 Å². The molecular weight excluding hydrogens is 410 g/mol. The molecule has 0 saturated carbocycles. The number of fused-ring (bicyclic) bond motifs is 1. The number of carbonyl (C=O) groups excluding carboxylic acids is 1. The molecule has 0 aliphatic carbocycles. The van der Waals surface area contributed by atoms with Gasteiger partial charge in [0.25, 0.3) is 0 Å². The normalized spacial score (nSPS) is 16.5. The number of carbonyl (C=O) groups is 1. The van der Waals surface area contributed by atoms with Crippen molar-refractivity contribution in [3.63, 3.8) is 0 Å². The molecule has 31 heavy (non-hydrogen) atoms. The first-order chi connectivity index (χ1) is 15.1. The van der Waals surface area contributed by atoms with Gasteiger partial charge in [0.05, 0.1) is 6.54 Å². The third kappa shape index (κ3) is 6.86. The summed E-state index contributed by atoms with van der Waals surface area (Å²) in [5, 5.41) is 6.37. The molecular formula is C21H30F2N4O4. The van der Waals surface area contributed by atoms with E-state index >= 15 is 0 Å². The van der Waals surface area contributed by atoms with E-state index in [1.807, 2.05) is 11.8 Å². The number of aliphatic imine (C=N–C) groups is 1. The minimum absolute atomic E-state index is 0.0125. The Bertz CT molecular complexity index is 776. The van der Waals surface area contributed by atoms with Gasteiger partial charge in [0.2, 0.25) is 12.7 Å². The molecule has 0 atom stereocenters. The number of nitrogens with zero attached hydrogens (tertiary/aromatic N) is 2. The fraction of sp³-hybridized carbons (Fsp3) is 0.619. The molecule has 0 radical (unpaired) electrons. The molecule has 0 spiro atoms. The van der Waals surface area contributed by atoms with Crippen LogP contribution in [0.15, 0.2) is 17.1 Å². The van der Waals surface area contributed by atoms with Crippen LogP contribution in [-0.2, 0) is 11.3 Å². The highest BCUT2D eigenvalue weighted by Crippen LogP contribution is 2.39. The van der Waals surface area contributed by atoms with Gasteiger partial charge >= 0.3 is 6.61 Å². The number of alkyl halides is 2. The number of guanidine groups is 1. The van der Waals surface area contributed by atoms with Crippen molar-refractivity contribution in [1.82, 2.24) is 15.5 Å². The number of nitrogens with one attached hydrogen (secondary N) is 2. The smallest absolute Gasteiger partial charge is 0.387 e. The Labute approximate surface area is 180 Å². The van der Waals surface area contributed by atoms with Crippen LogP contribution in [0, 0.1) is 0 Å². The summed E-state index contributed by atoms with van der Waals surface area (Å²) in [6.07, 6.45) is 4.56. The van der Waals surface area contributed by atoms with E-state index in [9.17, 15) is 13.6 Å². The fourth-order valence-corrected chi connectivity index (χ4v) is 3.55. The average molecular weight is 440 g/mol. The average Bonchev–Trinajstić information content (AvgIpc) is 3.09. The minimum Gasteiger partial charge on any atom is -0.454 e. The molecule has 1 amide bonds. The minimum atomic E-state index is -2.95. The highest BCUT2D eigenvalue weighted by atomic mass is 19.3. The molecule has 10 heteroatoms. The zero-order chi connectivity index (χ0) is 22.1. The van der Waals surface area contributed by atoms with Crippen molar-refractivity contribution in [2.45, 2.75) is 52.2 Å². The lowest BCUT2D eigenvalue weighted by Gasteiger charge is -2.20. The molecule has 8 nitrogen and oxygen atoms in total. The molecule has 2 aliphatic rings. The van der Waals surface area contributed by atoms with Crippen molar-refractivity contribution < 1.29 is 27.8 Å². The Kier molecular flexibility index (Phi) is 8.54. The fourth-order valence-electron chi connectivity index (χ4n) is 3.55. The first kappa shape index (κ1) is 22.9. The van der Waals surface area contributed by atoms with Gasteiger partial charge in [0, 0.05) is 44.2 Å². The first-order valence-electron chi connectivity index (χ1n) is 10.7. The van der Waals surface area contributed by atoms with Crippen LogP contribution in [0.5, 0.6) is 17.2 Å². The summed E-state index contributed by atoms with van der Waals surface area (Å²) in [6, 6.07) is 3.01. The van der Waals surface area contributed by atoms with Gasteiger partial charge in [-0.2, -0.15) is 8.78 Å². The maximum atomic E-state index is 12.8. The third-order valence-electron chi connectivity index (χ3n) is 5.09. The number of benzene rings is 1. The standard InChI is InChI=1S/C21H30F2N4O4/c1-2-24-21(25-8-6-10-27-9-5-3-4-7-19(27)28)26-13-15-11-17-18(30-14-29-17)12-16(15)31-20(22)23/h11-12,20H,2-10,13-14H2,1H3,(H2,24,25,26). The van der Waals surface area contributed by atoms with E-state index in [1.165, 1.54) is 6.07 Å². The summed E-state index contributed by atoms with van der Waals surface area (Å²) in [5.74, 6) is 1.65. The lowest BCUT2D eigenvalue weighted by atomic mass is 10.1. The maximum Gasteiger partial charge on any atom is 0.387 e. The van der Waals surface area contributed by atoms with Gasteiger partial charge in [-0.1, -0.05) is 6.42 Å². The van der Waals surface area contributed by atoms with E-state index < -0.39 is 6.61 Å². The zero-order valence-electron chi connectivity index (χ0n) is 17.8. The molecule has 1 aromatic rings. The Morgan fingerprint density at radius 1 is 1.23 bits per heavy atom. The summed E-state index contributed by atoms with van der Waals surface area (Å²) in [6.45, 7) is 1.98. The van der Waals surface area contributed by atoms with Gasteiger partial charge in [0.15, 0.2) is 17.5 Å². The van der Waals surface area contributed by atoms with Crippen LogP contribution in [0.1, 0.15) is 44.6 Å². The molecule has 2 heterocycles. The number of amides is 1. The molecule has 1 aromatic carbocycles. The summed E-state index contributed by atoms with van der Waals surface area (Å²) >= 11 is 0. The summed E-state index contributed by atoms with van der Waals surface area (Å²) in [5.41, 5.74) is 0.469. The molecule has 3 rings (SSSR count). The van der Waals surface area contributed by atoms with Gasteiger partial charge in [-0.05, 0) is 32.3 Å². The molecule has 2 N–H and O–H groups in total. The Balaban J connectivity index is 1.57. The van der Waals surface area contributed by atoms with Crippen LogP contribution >= 0.6 is 0 Å². The SMILES string of the molecule is CCNC(=NCc1cc2c(cc1OC(F)F)OCO2)NCCCN1CCCCCC1=O. The van der Waals surface area contributed by atoms with Crippen LogP contribution in [-0.4, -0.2) is 56.4 Å². The van der Waals surface area contributed by atoms with E-state index in [2.05, 4.69) is 20.4 Å². The van der Waals surface area contributed by atoms with E-state index in [-0.39, 0.29) is 25.0 Å². The second kappa shape index (κ2) is 11.6. The van der Waals surface area contributed by atoms with E-state index in [4.69, 9.17) is 9.47 Å². The lowest BCUT2D eigenvalue weighted by molar-refractivity contribution is -0.130. The summed E-state index contributed by atoms with van der Waals surface area (Å²) in [4.78, 5) is 18.5. The van der Waals surface area contributed by atoms with Crippen LogP contribution in [0.2, 0.25) is 0 Å². The largest absolute Gasteiger partial charge is 0.454 e. The van der Waals surface area contributed by atoms with Crippen molar-refractivity contribution in [2.24, 2.45) is 4.99 Å². The second-order valence-corrected chi connectivity index (χ2v) is 7.36. The highest BCUT2D eigenvalue weighted by Gasteiger charge is 2.20. The van der Waals surface area contributed by atoms with Gasteiger partial charge in [-0.25, -0.2) is 4.99 Å². The number of likely N-dealkylation sites (tertiary alicyclic amines) is 1. The van der Waals surface area contributed by atoms with Crippen LogP contribution in [0.4, 0.5) is 8.78 Å². The highest BCUT2D eigenvalue weighted by molar-refractivity contribution is 5.79. The lowest BCUT2D eigenvalue weighted by Crippen LogP contribution is -2.39. The molecule has 0 bridgehead atoms. The molecule has 1 saturated heterocycles. The number of rotatable bonds is 9. The van der Waals surface area contributed by atoms with Gasteiger partial charge in [-0.15, -0.1) is 0 Å². The predicted molar refractivity (Wildman–Crippen MR) is 112 cm³/mol. The third-order valence-corrected chi connectivity index (χ3v) is 5.09. The Morgan fingerprint density at radius 3 is 2.81 bits per heavy atom. The number of hydrogen-bond donors (Lipinski definition) is 2. The summed E-state index contributed by atoms with van der Waals surface area (Å²) < 4.78 is 40.8. The zero-order valence-corrected chi connectivity index (χ0v) is 17.8. The van der Waals surface area contributed by atoms with E-state index in [1.54, 1.807) is 6.07 Å². The van der Waals surface area contributed by atoms with Gasteiger partial charge in [-0.3, -0.25) is 4.79 Å². The Hall–Kier alpha value is -2.78. The molecule has 0 unspecified atom stereocenters. The van der Waals surface area contributed by atoms with Gasteiger partial charge in [0.1, 0.15) is 5.75 Å². The van der Waals surface area contributed by atoms with E-state index in [0.717, 1.165) is 32.2 Å². The molecule has 1 fully saturated rings. The van der Waals surface area contributed by atoms with Crippen LogP contribution in [0.25, 0.3) is 0 Å². The van der Waals surface area contributed by atoms with Crippen LogP contribution < -0.4 is 24.8 Å². The number of hydrogen-bond acceptors (Lipinski definition) is 5. The first-order valence-corrected chi connectivity index (χ1v) is 10.7. The monoisotopic (exact) mass is 440 g/mol. The van der Waals surface area contributed by atoms with Crippen molar-refractivity contribution in [3.8, 4) is 17.2 Å². The van der Waals surface area contributed by atoms with E-state index in [0.29, 0.717) is 49.1 Å². The van der Waals surface area contributed by atoms with Crippen molar-refractivity contribution >= 4 is 11.9 Å². The second-order valence-electron chi connectivity index (χ2n) is 7.36. The summed E-state index contributed by atoms with van der Waals surface area (Å²) in [7, 11) is 0. The quantitative estimate of drug-likeness (QED) is 0.349. The van der Waals surface area contributed by atoms with Crippen LogP contribution in [0.3, 0.4) is 0 Å².